The molecule has 0 aliphatic rings. The number of carbonyl (C=O) groups excluding carboxylic acids is 2. The van der Waals surface area contributed by atoms with E-state index >= 15 is 0 Å². The second kappa shape index (κ2) is 9.45. The Bertz CT molecular complexity index is 1010. The van der Waals surface area contributed by atoms with Gasteiger partial charge in [-0.3, -0.25) is 4.79 Å². The lowest BCUT2D eigenvalue weighted by Crippen LogP contribution is -2.33. The fourth-order valence-corrected chi connectivity index (χ4v) is 2.99. The lowest BCUT2D eigenvalue weighted by Gasteiger charge is -2.20. The topological polar surface area (TPSA) is 81.4 Å². The summed E-state index contributed by atoms with van der Waals surface area (Å²) >= 11 is 11.8. The van der Waals surface area contributed by atoms with Crippen molar-refractivity contribution in [1.82, 2.24) is 5.32 Å². The highest BCUT2D eigenvalue weighted by Crippen LogP contribution is 2.24. The average Bonchev–Trinajstić information content (AvgIpc) is 2.73. The Hall–Kier alpha value is -3.02. The van der Waals surface area contributed by atoms with E-state index in [1.807, 2.05) is 42.5 Å². The van der Waals surface area contributed by atoms with Crippen molar-refractivity contribution in [2.24, 2.45) is 0 Å². The van der Waals surface area contributed by atoms with Gasteiger partial charge in [0.1, 0.15) is 0 Å². The molecule has 148 valence electrons. The number of amides is 1. The Labute approximate surface area is 178 Å². The van der Waals surface area contributed by atoms with Crippen LogP contribution in [0, 0.1) is 0 Å². The average molecular weight is 429 g/mol. The van der Waals surface area contributed by atoms with E-state index in [-0.39, 0.29) is 11.3 Å². The van der Waals surface area contributed by atoms with Gasteiger partial charge in [-0.15, -0.1) is 0 Å². The zero-order valence-corrected chi connectivity index (χ0v) is 16.8. The number of esters is 1. The van der Waals surface area contributed by atoms with Crippen molar-refractivity contribution in [3.05, 3.63) is 99.5 Å². The number of nitrogens with two attached hydrogens (primary N) is 1. The van der Waals surface area contributed by atoms with Crippen LogP contribution >= 0.6 is 23.2 Å². The summed E-state index contributed by atoms with van der Waals surface area (Å²) in [6.07, 6.45) is 0. The summed E-state index contributed by atoms with van der Waals surface area (Å²) in [7, 11) is 0. The van der Waals surface area contributed by atoms with Crippen LogP contribution in [-0.4, -0.2) is 18.5 Å². The third-order valence-electron chi connectivity index (χ3n) is 4.21. The van der Waals surface area contributed by atoms with Crippen LogP contribution in [0.3, 0.4) is 0 Å². The maximum Gasteiger partial charge on any atom is 0.338 e. The molecule has 0 saturated heterocycles. The highest BCUT2D eigenvalue weighted by molar-refractivity contribution is 6.33. The van der Waals surface area contributed by atoms with Crippen molar-refractivity contribution in [2.75, 3.05) is 12.3 Å². The minimum Gasteiger partial charge on any atom is -0.452 e. The first-order valence-corrected chi connectivity index (χ1v) is 9.51. The number of benzene rings is 3. The van der Waals surface area contributed by atoms with Gasteiger partial charge in [-0.2, -0.15) is 0 Å². The van der Waals surface area contributed by atoms with Crippen LogP contribution in [0.4, 0.5) is 5.69 Å². The minimum absolute atomic E-state index is 0.219. The third-order valence-corrected chi connectivity index (χ3v) is 4.80. The zero-order chi connectivity index (χ0) is 20.8. The highest BCUT2D eigenvalue weighted by atomic mass is 35.5. The predicted molar refractivity (Wildman–Crippen MR) is 114 cm³/mol. The molecule has 3 N–H and O–H groups in total. The Morgan fingerprint density at radius 3 is 2.24 bits per heavy atom. The van der Waals surface area contributed by atoms with Gasteiger partial charge in [-0.05, 0) is 41.5 Å². The molecule has 0 bridgehead atoms. The SMILES string of the molecule is Nc1cc(C(=O)OCC(=O)NC(c2ccccc2)c2ccc(Cl)cc2)ccc1Cl. The molecule has 3 aromatic rings. The predicted octanol–water partition coefficient (Wildman–Crippen LogP) is 4.64. The van der Waals surface area contributed by atoms with Crippen LogP contribution in [0.15, 0.2) is 72.8 Å². The molecular formula is C22H18Cl2N2O3. The molecule has 1 unspecified atom stereocenters. The van der Waals surface area contributed by atoms with E-state index in [4.69, 9.17) is 33.7 Å². The van der Waals surface area contributed by atoms with Gasteiger partial charge in [-0.1, -0.05) is 65.7 Å². The number of nitrogen functional groups attached to an aromatic ring is 1. The van der Waals surface area contributed by atoms with E-state index in [1.54, 1.807) is 12.1 Å². The summed E-state index contributed by atoms with van der Waals surface area (Å²) in [6, 6.07) is 20.6. The second-order valence-electron chi connectivity index (χ2n) is 6.28. The van der Waals surface area contributed by atoms with Crippen LogP contribution in [0.25, 0.3) is 0 Å². The maximum atomic E-state index is 12.5. The zero-order valence-electron chi connectivity index (χ0n) is 15.3. The van der Waals surface area contributed by atoms with Crippen LogP contribution in [-0.2, 0) is 9.53 Å². The molecule has 0 aliphatic heterocycles. The van der Waals surface area contributed by atoms with E-state index in [0.717, 1.165) is 11.1 Å². The number of ether oxygens (including phenoxy) is 1. The highest BCUT2D eigenvalue weighted by Gasteiger charge is 2.18. The Morgan fingerprint density at radius 1 is 0.931 bits per heavy atom. The van der Waals surface area contributed by atoms with Gasteiger partial charge in [0.05, 0.1) is 22.3 Å². The molecule has 0 heterocycles. The summed E-state index contributed by atoms with van der Waals surface area (Å²) in [4.78, 5) is 24.6. The lowest BCUT2D eigenvalue weighted by molar-refractivity contribution is -0.124. The number of hydrogen-bond acceptors (Lipinski definition) is 4. The fourth-order valence-electron chi connectivity index (χ4n) is 2.75. The summed E-state index contributed by atoms with van der Waals surface area (Å²) < 4.78 is 5.11. The Morgan fingerprint density at radius 2 is 1.59 bits per heavy atom. The molecule has 0 aliphatic carbocycles. The van der Waals surface area contributed by atoms with E-state index in [2.05, 4.69) is 5.32 Å². The number of nitrogens with one attached hydrogen (secondary N) is 1. The molecule has 0 spiro atoms. The smallest absolute Gasteiger partial charge is 0.338 e. The molecule has 3 rings (SSSR count). The van der Waals surface area contributed by atoms with Crippen molar-refractivity contribution in [3.63, 3.8) is 0 Å². The van der Waals surface area contributed by atoms with E-state index in [9.17, 15) is 9.59 Å². The van der Waals surface area contributed by atoms with Crippen molar-refractivity contribution in [3.8, 4) is 0 Å². The molecule has 5 nitrogen and oxygen atoms in total. The summed E-state index contributed by atoms with van der Waals surface area (Å²) in [6.45, 7) is -0.432. The first kappa shape index (κ1) is 20.7. The number of halogens is 2. The van der Waals surface area contributed by atoms with Gasteiger partial charge in [0.2, 0.25) is 0 Å². The van der Waals surface area contributed by atoms with Gasteiger partial charge in [0, 0.05) is 5.02 Å². The van der Waals surface area contributed by atoms with Crippen LogP contribution < -0.4 is 11.1 Å². The van der Waals surface area contributed by atoms with Crippen LogP contribution in [0.1, 0.15) is 27.5 Å². The molecule has 29 heavy (non-hydrogen) atoms. The van der Waals surface area contributed by atoms with Gasteiger partial charge < -0.3 is 15.8 Å². The molecule has 3 aromatic carbocycles. The van der Waals surface area contributed by atoms with Gasteiger partial charge in [0.15, 0.2) is 6.61 Å². The molecule has 0 saturated carbocycles. The first-order chi connectivity index (χ1) is 13.9. The third kappa shape index (κ3) is 5.50. The molecule has 0 aromatic heterocycles. The van der Waals surface area contributed by atoms with Gasteiger partial charge >= 0.3 is 5.97 Å². The maximum absolute atomic E-state index is 12.5. The van der Waals surface area contributed by atoms with Crippen molar-refractivity contribution in [1.29, 1.82) is 0 Å². The Balaban J connectivity index is 1.69. The molecule has 0 fully saturated rings. The fraction of sp³-hybridized carbons (Fsp3) is 0.0909. The Kier molecular flexibility index (Phi) is 6.75. The normalized spacial score (nSPS) is 11.5. The minimum atomic E-state index is -0.661. The number of anilines is 1. The van der Waals surface area contributed by atoms with Crippen LogP contribution in [0.5, 0.6) is 0 Å². The van der Waals surface area contributed by atoms with E-state index in [0.29, 0.717) is 10.0 Å². The van der Waals surface area contributed by atoms with Gasteiger partial charge in [-0.25, -0.2) is 4.79 Å². The summed E-state index contributed by atoms with van der Waals surface area (Å²) in [5.74, 6) is -1.10. The quantitative estimate of drug-likeness (QED) is 0.442. The monoisotopic (exact) mass is 428 g/mol. The molecule has 0 radical (unpaired) electrons. The van der Waals surface area contributed by atoms with Crippen molar-refractivity contribution in [2.45, 2.75) is 6.04 Å². The molecule has 1 atom stereocenters. The standard InChI is InChI=1S/C22H18Cl2N2O3/c23-17-9-6-15(7-10-17)21(14-4-2-1-3-5-14)26-20(27)13-29-22(28)16-8-11-18(24)19(25)12-16/h1-12,21H,13,25H2,(H,26,27). The molecular weight excluding hydrogens is 411 g/mol. The van der Waals surface area contributed by atoms with Crippen molar-refractivity contribution >= 4 is 40.8 Å². The first-order valence-electron chi connectivity index (χ1n) is 8.76. The summed E-state index contributed by atoms with van der Waals surface area (Å²) in [5.41, 5.74) is 7.91. The van der Waals surface area contributed by atoms with E-state index < -0.39 is 24.5 Å². The summed E-state index contributed by atoms with van der Waals surface area (Å²) in [5, 5.41) is 3.83. The number of hydrogen-bond donors (Lipinski definition) is 2. The molecule has 1 amide bonds. The lowest BCUT2D eigenvalue weighted by atomic mass is 9.99. The number of rotatable bonds is 6. The van der Waals surface area contributed by atoms with E-state index in [1.165, 1.54) is 18.2 Å². The number of carbonyl (C=O) groups is 2. The largest absolute Gasteiger partial charge is 0.452 e. The second-order valence-corrected chi connectivity index (χ2v) is 7.12. The molecule has 7 heteroatoms. The van der Waals surface area contributed by atoms with Crippen LogP contribution in [0.2, 0.25) is 10.0 Å². The van der Waals surface area contributed by atoms with Gasteiger partial charge in [0.25, 0.3) is 5.91 Å². The van der Waals surface area contributed by atoms with Crippen molar-refractivity contribution < 1.29 is 14.3 Å².